The fourth-order valence-corrected chi connectivity index (χ4v) is 2.29. The largest absolute Gasteiger partial charge is 0.465 e. The topological polar surface area (TPSA) is 38.3 Å². The van der Waals surface area contributed by atoms with Crippen molar-refractivity contribution >= 4 is 23.1 Å². The third kappa shape index (κ3) is 2.92. The highest BCUT2D eigenvalue weighted by atomic mass is 35.5. The number of hydrogen-bond donors (Lipinski definition) is 1. The molecule has 96 valence electrons. The van der Waals surface area contributed by atoms with Crippen molar-refractivity contribution in [3.8, 4) is 0 Å². The van der Waals surface area contributed by atoms with Gasteiger partial charge in [0, 0.05) is 5.02 Å². The number of ether oxygens (including phenoxy) is 1. The molecule has 18 heavy (non-hydrogen) atoms. The van der Waals surface area contributed by atoms with Crippen molar-refractivity contribution < 1.29 is 9.53 Å². The molecule has 3 nitrogen and oxygen atoms in total. The van der Waals surface area contributed by atoms with E-state index in [1.165, 1.54) is 7.11 Å². The van der Waals surface area contributed by atoms with Gasteiger partial charge in [-0.05, 0) is 43.6 Å². The maximum Gasteiger partial charge on any atom is 0.338 e. The average Bonchev–Trinajstić information content (AvgIpc) is 2.42. The van der Waals surface area contributed by atoms with Gasteiger partial charge in [-0.3, -0.25) is 0 Å². The Labute approximate surface area is 112 Å². The number of rotatable bonds is 2. The molecule has 0 unspecified atom stereocenters. The van der Waals surface area contributed by atoms with Crippen LogP contribution in [-0.2, 0) is 9.53 Å². The van der Waals surface area contributed by atoms with Crippen LogP contribution in [0.25, 0.3) is 5.57 Å². The summed E-state index contributed by atoms with van der Waals surface area (Å²) in [6, 6.07) is 7.32. The van der Waals surface area contributed by atoms with E-state index >= 15 is 0 Å². The van der Waals surface area contributed by atoms with E-state index in [4.69, 9.17) is 16.3 Å². The Morgan fingerprint density at radius 2 is 1.83 bits per heavy atom. The number of nitrogens with one attached hydrogen (secondary N) is 1. The van der Waals surface area contributed by atoms with E-state index in [0.717, 1.165) is 37.1 Å². The molecule has 0 atom stereocenters. The molecule has 0 radical (unpaired) electrons. The molecule has 1 aromatic rings. The van der Waals surface area contributed by atoms with Crippen molar-refractivity contribution in [2.45, 2.75) is 12.8 Å². The number of benzene rings is 1. The Kier molecular flexibility index (Phi) is 4.39. The molecular formula is C14H16ClNO2. The van der Waals surface area contributed by atoms with Gasteiger partial charge in [-0.15, -0.1) is 0 Å². The van der Waals surface area contributed by atoms with Gasteiger partial charge in [0.25, 0.3) is 0 Å². The number of carbonyl (C=O) groups excluding carboxylic acids is 1. The van der Waals surface area contributed by atoms with E-state index in [1.54, 1.807) is 12.1 Å². The van der Waals surface area contributed by atoms with E-state index < -0.39 is 0 Å². The van der Waals surface area contributed by atoms with Crippen LogP contribution in [0.5, 0.6) is 0 Å². The summed E-state index contributed by atoms with van der Waals surface area (Å²) in [6.45, 7) is 1.81. The summed E-state index contributed by atoms with van der Waals surface area (Å²) in [5.74, 6) is -0.269. The van der Waals surface area contributed by atoms with Crippen molar-refractivity contribution in [3.63, 3.8) is 0 Å². The molecule has 1 heterocycles. The lowest BCUT2D eigenvalue weighted by Crippen LogP contribution is -2.24. The van der Waals surface area contributed by atoms with Crippen LogP contribution < -0.4 is 5.32 Å². The zero-order valence-corrected chi connectivity index (χ0v) is 11.1. The van der Waals surface area contributed by atoms with E-state index in [1.807, 2.05) is 12.1 Å². The number of halogens is 1. The van der Waals surface area contributed by atoms with Crippen molar-refractivity contribution in [2.24, 2.45) is 0 Å². The van der Waals surface area contributed by atoms with Gasteiger partial charge in [-0.2, -0.15) is 0 Å². The summed E-state index contributed by atoms with van der Waals surface area (Å²) >= 11 is 5.87. The van der Waals surface area contributed by atoms with Crippen molar-refractivity contribution in [2.75, 3.05) is 20.2 Å². The first-order valence-corrected chi connectivity index (χ1v) is 6.37. The summed E-state index contributed by atoms with van der Waals surface area (Å²) < 4.78 is 4.90. The van der Waals surface area contributed by atoms with E-state index in [-0.39, 0.29) is 5.97 Å². The molecule has 1 aliphatic heterocycles. The van der Waals surface area contributed by atoms with Crippen LogP contribution >= 0.6 is 11.6 Å². The first-order chi connectivity index (χ1) is 8.72. The lowest BCUT2D eigenvalue weighted by atomic mass is 9.94. The zero-order valence-electron chi connectivity index (χ0n) is 10.3. The van der Waals surface area contributed by atoms with Crippen molar-refractivity contribution in [1.82, 2.24) is 5.32 Å². The molecule has 0 amide bonds. The third-order valence-corrected chi connectivity index (χ3v) is 3.34. The fourth-order valence-electron chi connectivity index (χ4n) is 2.16. The molecule has 0 aliphatic carbocycles. The Bertz CT molecular complexity index is 457. The molecule has 1 fully saturated rings. The van der Waals surface area contributed by atoms with Gasteiger partial charge in [0.1, 0.15) is 0 Å². The molecule has 1 N–H and O–H groups in total. The smallest absolute Gasteiger partial charge is 0.338 e. The number of carbonyl (C=O) groups is 1. The monoisotopic (exact) mass is 265 g/mol. The van der Waals surface area contributed by atoms with Crippen LogP contribution in [0.1, 0.15) is 18.4 Å². The quantitative estimate of drug-likeness (QED) is 0.660. The average molecular weight is 266 g/mol. The standard InChI is InChI=1S/C14H16ClNO2/c1-18-14(17)13(11-6-8-16-9-7-11)10-2-4-12(15)5-3-10/h2-5,16H,6-9H2,1H3. The second kappa shape index (κ2) is 6.03. The molecule has 0 bridgehead atoms. The van der Waals surface area contributed by atoms with Gasteiger partial charge in [0.05, 0.1) is 12.7 Å². The molecule has 0 spiro atoms. The Balaban J connectivity index is 2.41. The van der Waals surface area contributed by atoms with Gasteiger partial charge in [0.15, 0.2) is 0 Å². The lowest BCUT2D eigenvalue weighted by molar-refractivity contribution is -0.133. The predicted octanol–water partition coefficient (Wildman–Crippen LogP) is 2.65. The summed E-state index contributed by atoms with van der Waals surface area (Å²) in [5, 5.41) is 3.94. The van der Waals surface area contributed by atoms with Crippen LogP contribution in [0.4, 0.5) is 0 Å². The van der Waals surface area contributed by atoms with Crippen LogP contribution in [0.15, 0.2) is 29.8 Å². The number of hydrogen-bond acceptors (Lipinski definition) is 3. The number of esters is 1. The van der Waals surface area contributed by atoms with Crippen molar-refractivity contribution in [3.05, 3.63) is 40.4 Å². The normalized spacial score (nSPS) is 15.3. The first kappa shape index (κ1) is 13.1. The number of methoxy groups -OCH3 is 1. The zero-order chi connectivity index (χ0) is 13.0. The summed E-state index contributed by atoms with van der Waals surface area (Å²) in [5.41, 5.74) is 2.72. The summed E-state index contributed by atoms with van der Waals surface area (Å²) in [7, 11) is 1.42. The maximum atomic E-state index is 12.0. The molecule has 2 rings (SSSR count). The second-order valence-electron chi connectivity index (χ2n) is 4.23. The van der Waals surface area contributed by atoms with Gasteiger partial charge in [0.2, 0.25) is 0 Å². The minimum atomic E-state index is -0.269. The highest BCUT2D eigenvalue weighted by Gasteiger charge is 2.19. The molecule has 0 aromatic heterocycles. The summed E-state index contributed by atoms with van der Waals surface area (Å²) in [6.07, 6.45) is 1.76. The molecule has 1 saturated heterocycles. The van der Waals surface area contributed by atoms with Gasteiger partial charge in [-0.1, -0.05) is 29.3 Å². The highest BCUT2D eigenvalue weighted by Crippen LogP contribution is 2.26. The van der Waals surface area contributed by atoms with E-state index in [2.05, 4.69) is 5.32 Å². The van der Waals surface area contributed by atoms with Gasteiger partial charge >= 0.3 is 5.97 Å². The van der Waals surface area contributed by atoms with E-state index in [0.29, 0.717) is 10.6 Å². The van der Waals surface area contributed by atoms with Crippen LogP contribution in [0.2, 0.25) is 5.02 Å². The minimum Gasteiger partial charge on any atom is -0.465 e. The predicted molar refractivity (Wildman–Crippen MR) is 72.5 cm³/mol. The molecular weight excluding hydrogens is 250 g/mol. The van der Waals surface area contributed by atoms with E-state index in [9.17, 15) is 4.79 Å². The highest BCUT2D eigenvalue weighted by molar-refractivity contribution is 6.30. The molecule has 1 aliphatic rings. The second-order valence-corrected chi connectivity index (χ2v) is 4.66. The fraction of sp³-hybridized carbons (Fsp3) is 0.357. The molecule has 0 saturated carbocycles. The molecule has 1 aromatic carbocycles. The Hall–Kier alpha value is -1.32. The maximum absolute atomic E-state index is 12.0. The lowest BCUT2D eigenvalue weighted by Gasteiger charge is -2.19. The van der Waals surface area contributed by atoms with Gasteiger partial charge in [-0.25, -0.2) is 4.79 Å². The Morgan fingerprint density at radius 1 is 1.22 bits per heavy atom. The van der Waals surface area contributed by atoms with Crippen molar-refractivity contribution in [1.29, 1.82) is 0 Å². The third-order valence-electron chi connectivity index (χ3n) is 3.08. The Morgan fingerprint density at radius 3 is 2.39 bits per heavy atom. The SMILES string of the molecule is COC(=O)C(=C1CCNCC1)c1ccc(Cl)cc1. The van der Waals surface area contributed by atoms with Crippen LogP contribution in [0, 0.1) is 0 Å². The van der Waals surface area contributed by atoms with Gasteiger partial charge < -0.3 is 10.1 Å². The minimum absolute atomic E-state index is 0.269. The first-order valence-electron chi connectivity index (χ1n) is 5.99. The van der Waals surface area contributed by atoms with Crippen LogP contribution in [-0.4, -0.2) is 26.2 Å². The van der Waals surface area contributed by atoms with Crippen LogP contribution in [0.3, 0.4) is 0 Å². The molecule has 4 heteroatoms. The summed E-state index contributed by atoms with van der Waals surface area (Å²) in [4.78, 5) is 12.0. The number of piperidine rings is 1.